The molecule has 0 aliphatic heterocycles. The van der Waals surface area contributed by atoms with Crippen molar-refractivity contribution in [2.24, 2.45) is 0 Å². The fourth-order valence-electron chi connectivity index (χ4n) is 0.903. The zero-order valence-electron chi connectivity index (χ0n) is 7.84. The third-order valence-corrected chi connectivity index (χ3v) is 2.21. The van der Waals surface area contributed by atoms with Gasteiger partial charge >= 0.3 is 0 Å². The van der Waals surface area contributed by atoms with E-state index in [-0.39, 0.29) is 0 Å². The van der Waals surface area contributed by atoms with E-state index in [1.165, 1.54) is 17.4 Å². The normalized spacial score (nSPS) is 9.54. The summed E-state index contributed by atoms with van der Waals surface area (Å²) in [6, 6.07) is 2.96. The minimum atomic E-state index is -0.443. The molecular weight excluding hydrogens is 187 g/mol. The maximum atomic E-state index is 12.5. The predicted octanol–water partition coefficient (Wildman–Crippen LogP) is 3.17. The molecule has 0 saturated heterocycles. The number of thiazole rings is 1. The van der Waals surface area contributed by atoms with E-state index in [0.29, 0.717) is 4.83 Å². The highest BCUT2D eigenvalue weighted by molar-refractivity contribution is 7.18. The zero-order chi connectivity index (χ0) is 9.84. The van der Waals surface area contributed by atoms with Crippen LogP contribution in [0, 0.1) is 12.9 Å². The quantitative estimate of drug-likeness (QED) is 0.608. The third-order valence-electron chi connectivity index (χ3n) is 1.33. The van der Waals surface area contributed by atoms with E-state index in [1.54, 1.807) is 6.07 Å². The largest absolute Gasteiger partial charge is 0.240 e. The van der Waals surface area contributed by atoms with E-state index in [1.807, 2.05) is 20.8 Å². The Hall–Kier alpha value is -1.03. The van der Waals surface area contributed by atoms with Gasteiger partial charge in [-0.1, -0.05) is 25.2 Å². The number of hydrogen-bond donors (Lipinski definition) is 0. The second-order valence-corrected chi connectivity index (χ2v) is 3.37. The number of nitrogens with zero attached hydrogens (tertiary/aromatic N) is 2. The smallest absolute Gasteiger partial charge is 0.214 e. The Morgan fingerprint density at radius 2 is 1.92 bits per heavy atom. The summed E-state index contributed by atoms with van der Waals surface area (Å²) in [5.41, 5.74) is 0.772. The third kappa shape index (κ3) is 2.21. The number of aryl methyl sites for hydroxylation is 1. The molecule has 2 aromatic heterocycles. The van der Waals surface area contributed by atoms with Gasteiger partial charge in [-0.3, -0.25) is 0 Å². The summed E-state index contributed by atoms with van der Waals surface area (Å²) >= 11 is 1.40. The lowest BCUT2D eigenvalue weighted by Gasteiger charge is -1.84. The molecule has 0 aliphatic rings. The van der Waals surface area contributed by atoms with Gasteiger partial charge < -0.3 is 0 Å². The Morgan fingerprint density at radius 1 is 1.23 bits per heavy atom. The van der Waals surface area contributed by atoms with E-state index in [2.05, 4.69) is 9.97 Å². The van der Waals surface area contributed by atoms with Gasteiger partial charge in [-0.15, -0.1) is 0 Å². The molecule has 0 saturated carbocycles. The highest BCUT2D eigenvalue weighted by Crippen LogP contribution is 2.18. The summed E-state index contributed by atoms with van der Waals surface area (Å²) in [5.74, 6) is -0.443. The molecule has 0 amide bonds. The van der Waals surface area contributed by atoms with E-state index in [0.717, 1.165) is 10.5 Å². The Kier molecular flexibility index (Phi) is 3.31. The maximum absolute atomic E-state index is 12.5. The maximum Gasteiger partial charge on any atom is 0.214 e. The van der Waals surface area contributed by atoms with Gasteiger partial charge in [0.2, 0.25) is 5.95 Å². The summed E-state index contributed by atoms with van der Waals surface area (Å²) in [4.78, 5) is 8.50. The molecule has 4 heteroatoms. The van der Waals surface area contributed by atoms with Crippen LogP contribution in [0.15, 0.2) is 12.1 Å². The molecule has 0 aliphatic carbocycles. The average Bonchev–Trinajstić information content (AvgIpc) is 2.48. The van der Waals surface area contributed by atoms with Gasteiger partial charge in [-0.2, -0.15) is 4.39 Å². The number of hydrogen-bond acceptors (Lipinski definition) is 3. The summed E-state index contributed by atoms with van der Waals surface area (Å²) in [5, 5.41) is 0.915. The second-order valence-electron chi connectivity index (χ2n) is 2.19. The Morgan fingerprint density at radius 3 is 2.62 bits per heavy atom. The molecule has 2 heterocycles. The molecule has 0 radical (unpaired) electrons. The van der Waals surface area contributed by atoms with Crippen LogP contribution in [0.2, 0.25) is 0 Å². The van der Waals surface area contributed by atoms with Gasteiger partial charge in [0.1, 0.15) is 10.3 Å². The van der Waals surface area contributed by atoms with Gasteiger partial charge in [0.25, 0.3) is 0 Å². The minimum absolute atomic E-state index is 0.443. The van der Waals surface area contributed by atoms with Crippen LogP contribution in [0.4, 0.5) is 4.39 Å². The Balaban J connectivity index is 0.000000396. The SMILES string of the molecule is CC.Cc1nc2ccc(F)nc2s1. The standard InChI is InChI=1S/C7H5FN2S.C2H6/c1-4-9-5-2-3-6(8)10-7(5)11-4;1-2/h2-3H,1H3;1-2H3. The summed E-state index contributed by atoms with van der Waals surface area (Å²) < 4.78 is 12.5. The van der Waals surface area contributed by atoms with Crippen LogP contribution in [-0.2, 0) is 0 Å². The lowest BCUT2D eigenvalue weighted by Crippen LogP contribution is -1.78. The first-order valence-corrected chi connectivity index (χ1v) is 4.97. The Bertz CT molecular complexity index is 397. The molecule has 0 unspecified atom stereocenters. The summed E-state index contributed by atoms with van der Waals surface area (Å²) in [6.07, 6.45) is 0. The van der Waals surface area contributed by atoms with Crippen molar-refractivity contribution in [2.45, 2.75) is 20.8 Å². The monoisotopic (exact) mass is 198 g/mol. The number of fused-ring (bicyclic) bond motifs is 1. The van der Waals surface area contributed by atoms with Crippen molar-refractivity contribution in [3.05, 3.63) is 23.1 Å². The van der Waals surface area contributed by atoms with Gasteiger partial charge in [0.15, 0.2) is 0 Å². The topological polar surface area (TPSA) is 25.8 Å². The number of pyridine rings is 1. The number of halogens is 1. The van der Waals surface area contributed by atoms with Gasteiger partial charge in [0.05, 0.1) is 5.01 Å². The van der Waals surface area contributed by atoms with Crippen LogP contribution in [-0.4, -0.2) is 9.97 Å². The fourth-order valence-corrected chi connectivity index (χ4v) is 1.68. The van der Waals surface area contributed by atoms with Crippen molar-refractivity contribution < 1.29 is 4.39 Å². The van der Waals surface area contributed by atoms with E-state index < -0.39 is 5.95 Å². The van der Waals surface area contributed by atoms with Gasteiger partial charge in [-0.05, 0) is 19.1 Å². The molecular formula is C9H11FN2S. The second kappa shape index (κ2) is 4.28. The van der Waals surface area contributed by atoms with Crippen molar-refractivity contribution in [1.29, 1.82) is 0 Å². The average molecular weight is 198 g/mol. The molecule has 0 fully saturated rings. The van der Waals surface area contributed by atoms with Crippen molar-refractivity contribution in [2.75, 3.05) is 0 Å². The number of rotatable bonds is 0. The first kappa shape index (κ1) is 10.1. The Labute approximate surface area is 80.5 Å². The van der Waals surface area contributed by atoms with Gasteiger partial charge in [-0.25, -0.2) is 9.97 Å². The molecule has 0 N–H and O–H groups in total. The summed E-state index contributed by atoms with van der Waals surface area (Å²) in [7, 11) is 0. The van der Waals surface area contributed by atoms with Crippen LogP contribution in [0.3, 0.4) is 0 Å². The highest BCUT2D eigenvalue weighted by atomic mass is 32.1. The number of aromatic nitrogens is 2. The van der Waals surface area contributed by atoms with Crippen LogP contribution in [0.25, 0.3) is 10.3 Å². The molecule has 0 aromatic carbocycles. The molecule has 2 nitrogen and oxygen atoms in total. The fraction of sp³-hybridized carbons (Fsp3) is 0.333. The van der Waals surface area contributed by atoms with E-state index in [9.17, 15) is 4.39 Å². The molecule has 2 aromatic rings. The van der Waals surface area contributed by atoms with Crippen LogP contribution in [0.5, 0.6) is 0 Å². The van der Waals surface area contributed by atoms with Crippen LogP contribution < -0.4 is 0 Å². The molecule has 13 heavy (non-hydrogen) atoms. The van der Waals surface area contributed by atoms with Crippen molar-refractivity contribution in [3.63, 3.8) is 0 Å². The molecule has 0 atom stereocenters. The van der Waals surface area contributed by atoms with Crippen LogP contribution >= 0.6 is 11.3 Å². The lowest BCUT2D eigenvalue weighted by molar-refractivity contribution is 0.589. The molecule has 70 valence electrons. The van der Waals surface area contributed by atoms with Crippen LogP contribution in [0.1, 0.15) is 18.9 Å². The van der Waals surface area contributed by atoms with Crippen molar-refractivity contribution >= 4 is 21.7 Å². The van der Waals surface area contributed by atoms with E-state index >= 15 is 0 Å². The van der Waals surface area contributed by atoms with E-state index in [4.69, 9.17) is 0 Å². The molecule has 0 spiro atoms. The van der Waals surface area contributed by atoms with Gasteiger partial charge in [0, 0.05) is 0 Å². The van der Waals surface area contributed by atoms with Crippen molar-refractivity contribution in [3.8, 4) is 0 Å². The lowest BCUT2D eigenvalue weighted by atomic mass is 10.4. The first-order valence-electron chi connectivity index (χ1n) is 4.15. The first-order chi connectivity index (χ1) is 6.25. The predicted molar refractivity (Wildman–Crippen MR) is 53.5 cm³/mol. The van der Waals surface area contributed by atoms with Crippen molar-refractivity contribution in [1.82, 2.24) is 9.97 Å². The minimum Gasteiger partial charge on any atom is -0.240 e. The zero-order valence-corrected chi connectivity index (χ0v) is 8.65. The highest BCUT2D eigenvalue weighted by Gasteiger charge is 2.01. The molecule has 2 rings (SSSR count). The summed E-state index contributed by atoms with van der Waals surface area (Å²) in [6.45, 7) is 5.88. The molecule has 0 bridgehead atoms.